The van der Waals surface area contributed by atoms with Crippen LogP contribution >= 0.6 is 11.8 Å². The molecular weight excluding hydrogens is 346 g/mol. The highest BCUT2D eigenvalue weighted by atomic mass is 32.2. The SMILES string of the molecule is COc1ccc(CN(C(=O)CSc2nc3ccccc3[nH]2)C2CC2)cc1. The zero-order valence-corrected chi connectivity index (χ0v) is 15.5. The van der Waals surface area contributed by atoms with Crippen LogP contribution in [0.15, 0.2) is 53.7 Å². The number of thioether (sulfide) groups is 1. The number of amides is 1. The van der Waals surface area contributed by atoms with Crippen molar-refractivity contribution in [3.8, 4) is 5.75 Å². The molecule has 0 atom stereocenters. The van der Waals surface area contributed by atoms with Gasteiger partial charge in [-0.1, -0.05) is 36.0 Å². The van der Waals surface area contributed by atoms with E-state index in [1.807, 2.05) is 53.4 Å². The lowest BCUT2D eigenvalue weighted by Gasteiger charge is -2.22. The zero-order valence-electron chi connectivity index (χ0n) is 14.6. The highest BCUT2D eigenvalue weighted by molar-refractivity contribution is 7.99. The average molecular weight is 367 g/mol. The molecule has 6 heteroatoms. The van der Waals surface area contributed by atoms with Gasteiger partial charge in [-0.3, -0.25) is 4.79 Å². The van der Waals surface area contributed by atoms with Crippen LogP contribution in [0.4, 0.5) is 0 Å². The summed E-state index contributed by atoms with van der Waals surface area (Å²) < 4.78 is 5.20. The summed E-state index contributed by atoms with van der Waals surface area (Å²) in [4.78, 5) is 22.6. The predicted octanol–water partition coefficient (Wildman–Crippen LogP) is 3.85. The maximum absolute atomic E-state index is 12.8. The van der Waals surface area contributed by atoms with E-state index in [1.165, 1.54) is 11.8 Å². The Morgan fingerprint density at radius 2 is 2.00 bits per heavy atom. The molecule has 1 heterocycles. The second-order valence-corrected chi connectivity index (χ2v) is 7.41. The lowest BCUT2D eigenvalue weighted by atomic mass is 10.2. The van der Waals surface area contributed by atoms with Crippen LogP contribution in [0.5, 0.6) is 5.75 Å². The number of aromatic nitrogens is 2. The van der Waals surface area contributed by atoms with E-state index >= 15 is 0 Å². The van der Waals surface area contributed by atoms with Gasteiger partial charge >= 0.3 is 0 Å². The zero-order chi connectivity index (χ0) is 17.9. The fraction of sp³-hybridized carbons (Fsp3) is 0.300. The first kappa shape index (κ1) is 17.0. The van der Waals surface area contributed by atoms with E-state index in [9.17, 15) is 4.79 Å². The van der Waals surface area contributed by atoms with Crippen LogP contribution in [0.25, 0.3) is 11.0 Å². The number of nitrogens with one attached hydrogen (secondary N) is 1. The molecule has 1 N–H and O–H groups in total. The van der Waals surface area contributed by atoms with Gasteiger partial charge in [-0.2, -0.15) is 0 Å². The third-order valence-electron chi connectivity index (χ3n) is 4.52. The molecule has 1 aliphatic carbocycles. The van der Waals surface area contributed by atoms with Gasteiger partial charge in [-0.05, 0) is 42.7 Å². The van der Waals surface area contributed by atoms with Crippen molar-refractivity contribution in [2.75, 3.05) is 12.9 Å². The Morgan fingerprint density at radius 1 is 1.23 bits per heavy atom. The van der Waals surface area contributed by atoms with Crippen LogP contribution in [0.1, 0.15) is 18.4 Å². The standard InChI is InChI=1S/C20H21N3O2S/c1-25-16-10-6-14(7-11-16)12-23(15-8-9-15)19(24)13-26-20-21-17-4-2-3-5-18(17)22-20/h2-7,10-11,15H,8-9,12-13H2,1H3,(H,21,22). The Hall–Kier alpha value is -2.47. The number of imidazole rings is 1. The molecule has 1 fully saturated rings. The molecule has 134 valence electrons. The maximum Gasteiger partial charge on any atom is 0.233 e. The molecule has 26 heavy (non-hydrogen) atoms. The third-order valence-corrected chi connectivity index (χ3v) is 5.38. The minimum absolute atomic E-state index is 0.161. The molecule has 3 aromatic rings. The summed E-state index contributed by atoms with van der Waals surface area (Å²) >= 11 is 1.47. The molecule has 2 aromatic carbocycles. The normalized spacial score (nSPS) is 13.7. The van der Waals surface area contributed by atoms with Gasteiger partial charge in [0.2, 0.25) is 5.91 Å². The van der Waals surface area contributed by atoms with Gasteiger partial charge in [0.1, 0.15) is 5.75 Å². The smallest absolute Gasteiger partial charge is 0.233 e. The number of methoxy groups -OCH3 is 1. The Bertz CT molecular complexity index is 870. The van der Waals surface area contributed by atoms with Crippen LogP contribution in [0.2, 0.25) is 0 Å². The number of H-pyrrole nitrogens is 1. The number of ether oxygens (including phenoxy) is 1. The Balaban J connectivity index is 1.40. The Labute approximate surface area is 156 Å². The molecule has 0 radical (unpaired) electrons. The number of fused-ring (bicyclic) bond motifs is 1. The van der Waals surface area contributed by atoms with Crippen molar-refractivity contribution in [3.63, 3.8) is 0 Å². The minimum atomic E-state index is 0.161. The van der Waals surface area contributed by atoms with Crippen LogP contribution in [-0.2, 0) is 11.3 Å². The summed E-state index contributed by atoms with van der Waals surface area (Å²) in [5, 5.41) is 0.791. The summed E-state index contributed by atoms with van der Waals surface area (Å²) in [5.41, 5.74) is 3.05. The number of rotatable bonds is 7. The van der Waals surface area contributed by atoms with Gasteiger partial charge < -0.3 is 14.6 Å². The highest BCUT2D eigenvalue weighted by Gasteiger charge is 2.32. The quantitative estimate of drug-likeness (QED) is 0.644. The Morgan fingerprint density at radius 3 is 2.69 bits per heavy atom. The van der Waals surface area contributed by atoms with Crippen LogP contribution < -0.4 is 4.74 Å². The van der Waals surface area contributed by atoms with Gasteiger partial charge in [0.15, 0.2) is 5.16 Å². The number of para-hydroxylation sites is 2. The molecule has 0 aliphatic heterocycles. The van der Waals surface area contributed by atoms with Crippen LogP contribution in [-0.4, -0.2) is 39.7 Å². The molecule has 1 amide bonds. The van der Waals surface area contributed by atoms with Gasteiger partial charge in [0.05, 0.1) is 23.9 Å². The molecule has 0 unspecified atom stereocenters. The summed E-state index contributed by atoms with van der Waals surface area (Å²) in [6.07, 6.45) is 2.19. The third kappa shape index (κ3) is 3.85. The molecule has 1 aromatic heterocycles. The van der Waals surface area contributed by atoms with E-state index in [4.69, 9.17) is 4.74 Å². The van der Waals surface area contributed by atoms with Crippen LogP contribution in [0, 0.1) is 0 Å². The van der Waals surface area contributed by atoms with Crippen LogP contribution in [0.3, 0.4) is 0 Å². The molecule has 1 saturated carbocycles. The van der Waals surface area contributed by atoms with Gasteiger partial charge in [-0.25, -0.2) is 4.98 Å². The van der Waals surface area contributed by atoms with Crippen molar-refractivity contribution in [2.45, 2.75) is 30.6 Å². The second-order valence-electron chi connectivity index (χ2n) is 6.45. The molecule has 4 rings (SSSR count). The molecular formula is C20H21N3O2S. The molecule has 0 spiro atoms. The first-order valence-electron chi connectivity index (χ1n) is 8.73. The van der Waals surface area contributed by atoms with E-state index in [2.05, 4.69) is 9.97 Å². The van der Waals surface area contributed by atoms with E-state index in [0.29, 0.717) is 18.3 Å². The number of aromatic amines is 1. The molecule has 5 nitrogen and oxygen atoms in total. The topological polar surface area (TPSA) is 58.2 Å². The fourth-order valence-electron chi connectivity index (χ4n) is 2.95. The predicted molar refractivity (Wildman–Crippen MR) is 103 cm³/mol. The number of carbonyl (C=O) groups is 1. The first-order chi connectivity index (χ1) is 12.7. The average Bonchev–Trinajstić information content (AvgIpc) is 3.43. The van der Waals surface area contributed by atoms with E-state index in [1.54, 1.807) is 7.11 Å². The summed E-state index contributed by atoms with van der Waals surface area (Å²) in [5.74, 6) is 1.39. The minimum Gasteiger partial charge on any atom is -0.497 e. The largest absolute Gasteiger partial charge is 0.497 e. The van der Waals surface area contributed by atoms with Crippen molar-refractivity contribution in [1.82, 2.24) is 14.9 Å². The number of carbonyl (C=O) groups excluding carboxylic acids is 1. The van der Waals surface area contributed by atoms with Crippen molar-refractivity contribution in [2.24, 2.45) is 0 Å². The van der Waals surface area contributed by atoms with E-state index < -0.39 is 0 Å². The van der Waals surface area contributed by atoms with Crippen molar-refractivity contribution in [1.29, 1.82) is 0 Å². The van der Waals surface area contributed by atoms with E-state index in [-0.39, 0.29) is 5.91 Å². The lowest BCUT2D eigenvalue weighted by molar-refractivity contribution is -0.129. The summed E-state index contributed by atoms with van der Waals surface area (Å²) in [6.45, 7) is 0.647. The molecule has 1 aliphatic rings. The lowest BCUT2D eigenvalue weighted by Crippen LogP contribution is -2.34. The Kier molecular flexibility index (Phi) is 4.84. The number of hydrogen-bond donors (Lipinski definition) is 1. The number of hydrogen-bond acceptors (Lipinski definition) is 4. The van der Waals surface area contributed by atoms with Crippen molar-refractivity contribution >= 4 is 28.7 Å². The maximum atomic E-state index is 12.8. The van der Waals surface area contributed by atoms with Gasteiger partial charge in [-0.15, -0.1) is 0 Å². The van der Waals surface area contributed by atoms with Crippen molar-refractivity contribution in [3.05, 3.63) is 54.1 Å². The van der Waals surface area contributed by atoms with Crippen molar-refractivity contribution < 1.29 is 9.53 Å². The number of benzene rings is 2. The highest BCUT2D eigenvalue weighted by Crippen LogP contribution is 2.30. The van der Waals surface area contributed by atoms with Gasteiger partial charge in [0, 0.05) is 12.6 Å². The second kappa shape index (κ2) is 7.41. The number of nitrogens with zero attached hydrogens (tertiary/aromatic N) is 2. The summed E-state index contributed by atoms with van der Waals surface area (Å²) in [6, 6.07) is 16.2. The molecule has 0 saturated heterocycles. The summed E-state index contributed by atoms with van der Waals surface area (Å²) in [7, 11) is 1.66. The monoisotopic (exact) mass is 367 g/mol. The van der Waals surface area contributed by atoms with Gasteiger partial charge in [0.25, 0.3) is 0 Å². The fourth-order valence-corrected chi connectivity index (χ4v) is 3.72. The molecule has 0 bridgehead atoms. The van der Waals surface area contributed by atoms with E-state index in [0.717, 1.165) is 40.3 Å². The first-order valence-corrected chi connectivity index (χ1v) is 9.71.